The Bertz CT molecular complexity index is 468. The third kappa shape index (κ3) is 3.63. The van der Waals surface area contributed by atoms with Crippen LogP contribution in [0.1, 0.15) is 43.0 Å². The average Bonchev–Trinajstić information content (AvgIpc) is 2.44. The first kappa shape index (κ1) is 14.7. The first-order valence-corrected chi connectivity index (χ1v) is 7.11. The first-order valence-electron chi connectivity index (χ1n) is 7.11. The van der Waals surface area contributed by atoms with Crippen molar-refractivity contribution >= 4 is 17.3 Å². The van der Waals surface area contributed by atoms with E-state index < -0.39 is 0 Å². The van der Waals surface area contributed by atoms with Crippen molar-refractivity contribution in [3.8, 4) is 0 Å². The number of aliphatic hydroxyl groups excluding tert-OH is 1. The molecule has 0 atom stereocenters. The van der Waals surface area contributed by atoms with Crippen LogP contribution in [0.15, 0.2) is 18.2 Å². The molecule has 1 aromatic carbocycles. The summed E-state index contributed by atoms with van der Waals surface area (Å²) in [5, 5.41) is 12.9. The number of carbonyl (C=O) groups is 1. The molecule has 20 heavy (non-hydrogen) atoms. The van der Waals surface area contributed by atoms with Crippen LogP contribution in [-0.4, -0.2) is 29.8 Å². The summed E-state index contributed by atoms with van der Waals surface area (Å²) in [7, 11) is 0. The molecule has 5 heteroatoms. The molecule has 0 aliphatic heterocycles. The number of nitrogens with two attached hydrogens (primary N) is 1. The summed E-state index contributed by atoms with van der Waals surface area (Å²) in [4.78, 5) is 11.7. The van der Waals surface area contributed by atoms with Gasteiger partial charge in [-0.3, -0.25) is 0 Å². The van der Waals surface area contributed by atoms with Gasteiger partial charge in [-0.1, -0.05) is 0 Å². The minimum absolute atomic E-state index is 0.184. The van der Waals surface area contributed by atoms with Gasteiger partial charge in [0.15, 0.2) is 0 Å². The summed E-state index contributed by atoms with van der Waals surface area (Å²) < 4.78 is 4.99. The van der Waals surface area contributed by atoms with Gasteiger partial charge in [-0.25, -0.2) is 4.79 Å². The standard InChI is InChI=1S/C15H22N2O3/c1-2-20-15(19)10-3-8-13(16)14(9-10)17-11-4-6-12(18)7-5-11/h3,8-9,11-12,17-18H,2,4-7,16H2,1H3/t11-,12+. The second kappa shape index (κ2) is 6.61. The number of nitrogen functional groups attached to an aromatic ring is 1. The Morgan fingerprint density at radius 1 is 1.40 bits per heavy atom. The number of ether oxygens (including phenoxy) is 1. The highest BCUT2D eigenvalue weighted by Crippen LogP contribution is 2.26. The average molecular weight is 278 g/mol. The number of nitrogens with one attached hydrogen (secondary N) is 1. The van der Waals surface area contributed by atoms with E-state index in [9.17, 15) is 9.90 Å². The van der Waals surface area contributed by atoms with E-state index in [0.717, 1.165) is 31.4 Å². The summed E-state index contributed by atoms with van der Waals surface area (Å²) in [6.45, 7) is 2.13. The number of rotatable bonds is 4. The molecule has 1 aliphatic rings. The fourth-order valence-corrected chi connectivity index (χ4v) is 2.46. The lowest BCUT2D eigenvalue weighted by atomic mass is 9.93. The molecular weight excluding hydrogens is 256 g/mol. The zero-order chi connectivity index (χ0) is 14.5. The van der Waals surface area contributed by atoms with Gasteiger partial charge in [0, 0.05) is 6.04 Å². The minimum atomic E-state index is -0.338. The van der Waals surface area contributed by atoms with Crippen LogP contribution in [0, 0.1) is 0 Å². The molecule has 0 heterocycles. The van der Waals surface area contributed by atoms with Crippen LogP contribution in [0.3, 0.4) is 0 Å². The Morgan fingerprint density at radius 2 is 2.10 bits per heavy atom. The van der Waals surface area contributed by atoms with E-state index >= 15 is 0 Å². The quantitative estimate of drug-likeness (QED) is 0.580. The molecule has 5 nitrogen and oxygen atoms in total. The predicted octanol–water partition coefficient (Wildman–Crippen LogP) is 2.16. The Labute approximate surface area is 119 Å². The van der Waals surface area contributed by atoms with Crippen molar-refractivity contribution in [2.75, 3.05) is 17.7 Å². The summed E-state index contributed by atoms with van der Waals surface area (Å²) in [6.07, 6.45) is 3.23. The molecule has 0 bridgehead atoms. The number of esters is 1. The zero-order valence-corrected chi connectivity index (χ0v) is 11.8. The van der Waals surface area contributed by atoms with Gasteiger partial charge in [-0.15, -0.1) is 0 Å². The smallest absolute Gasteiger partial charge is 0.338 e. The molecule has 1 fully saturated rings. The molecule has 0 saturated heterocycles. The summed E-state index contributed by atoms with van der Waals surface area (Å²) in [6, 6.07) is 5.41. The van der Waals surface area contributed by atoms with E-state index in [1.54, 1.807) is 25.1 Å². The Kier molecular flexibility index (Phi) is 4.84. The van der Waals surface area contributed by atoms with Gasteiger partial charge in [0.2, 0.25) is 0 Å². The lowest BCUT2D eigenvalue weighted by Gasteiger charge is -2.27. The summed E-state index contributed by atoms with van der Waals surface area (Å²) in [5.74, 6) is -0.338. The lowest BCUT2D eigenvalue weighted by molar-refractivity contribution is 0.0526. The van der Waals surface area contributed by atoms with Gasteiger partial charge in [-0.05, 0) is 50.8 Å². The summed E-state index contributed by atoms with van der Waals surface area (Å²) in [5.41, 5.74) is 7.82. The van der Waals surface area contributed by atoms with Gasteiger partial charge in [0.1, 0.15) is 0 Å². The van der Waals surface area contributed by atoms with Gasteiger partial charge in [-0.2, -0.15) is 0 Å². The number of aliphatic hydroxyl groups is 1. The van der Waals surface area contributed by atoms with Gasteiger partial charge in [0.05, 0.1) is 29.6 Å². The molecule has 2 rings (SSSR count). The van der Waals surface area contributed by atoms with E-state index in [0.29, 0.717) is 17.9 Å². The highest BCUT2D eigenvalue weighted by atomic mass is 16.5. The number of benzene rings is 1. The SMILES string of the molecule is CCOC(=O)c1ccc(N)c(N[C@H]2CC[C@@H](O)CC2)c1. The van der Waals surface area contributed by atoms with Crippen molar-refractivity contribution in [2.24, 2.45) is 0 Å². The molecule has 0 aromatic heterocycles. The lowest BCUT2D eigenvalue weighted by Crippen LogP contribution is -2.28. The zero-order valence-electron chi connectivity index (χ0n) is 11.8. The van der Waals surface area contributed by atoms with Crippen LogP contribution >= 0.6 is 0 Å². The maximum Gasteiger partial charge on any atom is 0.338 e. The largest absolute Gasteiger partial charge is 0.462 e. The van der Waals surface area contributed by atoms with Gasteiger partial charge in [0.25, 0.3) is 0 Å². The number of hydrogen-bond acceptors (Lipinski definition) is 5. The molecule has 1 saturated carbocycles. The van der Waals surface area contributed by atoms with Crippen molar-refractivity contribution in [2.45, 2.75) is 44.8 Å². The van der Waals surface area contributed by atoms with Crippen LogP contribution in [0.2, 0.25) is 0 Å². The molecule has 0 spiro atoms. The van der Waals surface area contributed by atoms with E-state index in [2.05, 4.69) is 5.32 Å². The van der Waals surface area contributed by atoms with Crippen LogP contribution in [0.25, 0.3) is 0 Å². The third-order valence-corrected chi connectivity index (χ3v) is 3.62. The fraction of sp³-hybridized carbons (Fsp3) is 0.533. The summed E-state index contributed by atoms with van der Waals surface area (Å²) >= 11 is 0. The molecule has 0 radical (unpaired) electrons. The molecule has 1 aromatic rings. The molecule has 4 N–H and O–H groups in total. The van der Waals surface area contributed by atoms with Crippen LogP contribution < -0.4 is 11.1 Å². The Morgan fingerprint density at radius 3 is 2.75 bits per heavy atom. The van der Waals surface area contributed by atoms with Crippen LogP contribution in [-0.2, 0) is 4.74 Å². The first-order chi connectivity index (χ1) is 9.60. The van der Waals surface area contributed by atoms with Crippen molar-refractivity contribution in [3.05, 3.63) is 23.8 Å². The molecule has 0 amide bonds. The molecule has 0 unspecified atom stereocenters. The maximum absolute atomic E-state index is 11.7. The third-order valence-electron chi connectivity index (χ3n) is 3.62. The van der Waals surface area contributed by atoms with Crippen LogP contribution in [0.4, 0.5) is 11.4 Å². The van der Waals surface area contributed by atoms with E-state index in [1.165, 1.54) is 0 Å². The van der Waals surface area contributed by atoms with Crippen molar-refractivity contribution in [1.29, 1.82) is 0 Å². The molecular formula is C15H22N2O3. The predicted molar refractivity (Wildman–Crippen MR) is 78.7 cm³/mol. The maximum atomic E-state index is 11.7. The van der Waals surface area contributed by atoms with Crippen LogP contribution in [0.5, 0.6) is 0 Å². The molecule has 1 aliphatic carbocycles. The molecule has 110 valence electrons. The van der Waals surface area contributed by atoms with Gasteiger partial charge >= 0.3 is 5.97 Å². The topological polar surface area (TPSA) is 84.6 Å². The fourth-order valence-electron chi connectivity index (χ4n) is 2.46. The second-order valence-electron chi connectivity index (χ2n) is 5.17. The van der Waals surface area contributed by atoms with Gasteiger partial charge < -0.3 is 20.9 Å². The number of carbonyl (C=O) groups excluding carboxylic acids is 1. The highest BCUT2D eigenvalue weighted by molar-refractivity contribution is 5.92. The second-order valence-corrected chi connectivity index (χ2v) is 5.17. The van der Waals surface area contributed by atoms with Crippen molar-refractivity contribution < 1.29 is 14.6 Å². The minimum Gasteiger partial charge on any atom is -0.462 e. The van der Waals surface area contributed by atoms with E-state index in [4.69, 9.17) is 10.5 Å². The normalized spacial score (nSPS) is 22.3. The number of anilines is 2. The number of hydrogen-bond donors (Lipinski definition) is 3. The Balaban J connectivity index is 2.06. The van der Waals surface area contributed by atoms with Crippen molar-refractivity contribution in [1.82, 2.24) is 0 Å². The van der Waals surface area contributed by atoms with Crippen molar-refractivity contribution in [3.63, 3.8) is 0 Å². The highest BCUT2D eigenvalue weighted by Gasteiger charge is 2.20. The van der Waals surface area contributed by atoms with E-state index in [1.807, 2.05) is 0 Å². The Hall–Kier alpha value is -1.75. The van der Waals surface area contributed by atoms with E-state index in [-0.39, 0.29) is 18.1 Å². The monoisotopic (exact) mass is 278 g/mol.